The van der Waals surface area contributed by atoms with Gasteiger partial charge in [-0.1, -0.05) is 6.07 Å². The van der Waals surface area contributed by atoms with Gasteiger partial charge in [0.1, 0.15) is 6.54 Å². The van der Waals surface area contributed by atoms with E-state index in [1.165, 1.54) is 11.3 Å². The second kappa shape index (κ2) is 5.51. The van der Waals surface area contributed by atoms with E-state index in [1.54, 1.807) is 22.1 Å². The second-order valence-corrected chi connectivity index (χ2v) is 6.24. The zero-order chi connectivity index (χ0) is 15.8. The molecular weight excluding hydrogens is 312 g/mol. The molecule has 2 amide bonds. The molecule has 1 N–H and O–H groups in total. The van der Waals surface area contributed by atoms with Gasteiger partial charge in [-0.25, -0.2) is 4.98 Å². The first-order chi connectivity index (χ1) is 11.2. The molecule has 0 radical (unpaired) electrons. The highest BCUT2D eigenvalue weighted by atomic mass is 32.1. The van der Waals surface area contributed by atoms with E-state index in [0.717, 1.165) is 10.9 Å². The van der Waals surface area contributed by atoms with Crippen molar-refractivity contribution in [3.05, 3.63) is 47.6 Å². The molecule has 116 valence electrons. The van der Waals surface area contributed by atoms with Crippen molar-refractivity contribution in [1.29, 1.82) is 0 Å². The molecule has 3 heterocycles. The number of aromatic nitrogens is 2. The first kappa shape index (κ1) is 14.0. The number of rotatable bonds is 2. The number of fused-ring (bicyclic) bond motifs is 1. The molecule has 1 saturated heterocycles. The van der Waals surface area contributed by atoms with Crippen molar-refractivity contribution >= 4 is 39.2 Å². The summed E-state index contributed by atoms with van der Waals surface area (Å²) >= 11 is 1.43. The van der Waals surface area contributed by atoms with E-state index in [0.29, 0.717) is 23.8 Å². The summed E-state index contributed by atoms with van der Waals surface area (Å²) < 4.78 is 0. The fraction of sp³-hybridized carbons (Fsp3) is 0.188. The van der Waals surface area contributed by atoms with Crippen molar-refractivity contribution in [1.82, 2.24) is 14.9 Å². The Hall–Kier alpha value is -2.67. The van der Waals surface area contributed by atoms with Gasteiger partial charge in [0.05, 0.1) is 0 Å². The highest BCUT2D eigenvalue weighted by Crippen LogP contribution is 2.21. The number of nitrogens with zero attached hydrogens (tertiary/aromatic N) is 3. The Labute approximate surface area is 136 Å². The van der Waals surface area contributed by atoms with Gasteiger partial charge in [-0.05, 0) is 23.6 Å². The Kier molecular flexibility index (Phi) is 3.34. The number of H-pyrrole nitrogens is 1. The monoisotopic (exact) mass is 326 g/mol. The van der Waals surface area contributed by atoms with Crippen LogP contribution in [0.2, 0.25) is 0 Å². The van der Waals surface area contributed by atoms with Gasteiger partial charge in [0.15, 0.2) is 5.13 Å². The molecule has 4 rings (SSSR count). The molecule has 1 aliphatic rings. The molecule has 23 heavy (non-hydrogen) atoms. The maximum Gasteiger partial charge on any atom is 0.254 e. The van der Waals surface area contributed by atoms with Crippen molar-refractivity contribution in [2.24, 2.45) is 0 Å². The summed E-state index contributed by atoms with van der Waals surface area (Å²) in [5.74, 6) is -0.214. The van der Waals surface area contributed by atoms with Crippen molar-refractivity contribution in [3.63, 3.8) is 0 Å². The number of anilines is 1. The van der Waals surface area contributed by atoms with Crippen LogP contribution in [0, 0.1) is 0 Å². The minimum Gasteiger partial charge on any atom is -0.361 e. The van der Waals surface area contributed by atoms with Crippen molar-refractivity contribution in [2.45, 2.75) is 0 Å². The number of piperazine rings is 1. The predicted molar refractivity (Wildman–Crippen MR) is 88.7 cm³/mol. The van der Waals surface area contributed by atoms with Gasteiger partial charge in [-0.2, -0.15) is 0 Å². The van der Waals surface area contributed by atoms with Gasteiger partial charge in [-0.3, -0.25) is 14.5 Å². The lowest BCUT2D eigenvalue weighted by Gasteiger charge is -2.32. The van der Waals surface area contributed by atoms with E-state index < -0.39 is 0 Å². The quantitative estimate of drug-likeness (QED) is 0.784. The molecule has 0 aliphatic carbocycles. The van der Waals surface area contributed by atoms with E-state index in [1.807, 2.05) is 29.8 Å². The molecule has 1 aromatic carbocycles. The molecule has 0 atom stereocenters. The lowest BCUT2D eigenvalue weighted by molar-refractivity contribution is -0.120. The minimum atomic E-state index is -0.117. The summed E-state index contributed by atoms with van der Waals surface area (Å²) in [6.07, 6.45) is 3.52. The first-order valence-electron chi connectivity index (χ1n) is 7.28. The molecule has 3 aromatic rings. The summed E-state index contributed by atoms with van der Waals surface area (Å²) in [7, 11) is 0. The number of benzene rings is 1. The number of thiazole rings is 1. The topological polar surface area (TPSA) is 69.3 Å². The van der Waals surface area contributed by atoms with Crippen LogP contribution in [0.3, 0.4) is 0 Å². The molecule has 2 aromatic heterocycles. The molecule has 0 saturated carbocycles. The third-order valence-electron chi connectivity index (χ3n) is 3.96. The van der Waals surface area contributed by atoms with E-state index >= 15 is 0 Å². The first-order valence-corrected chi connectivity index (χ1v) is 8.16. The van der Waals surface area contributed by atoms with Gasteiger partial charge in [0.25, 0.3) is 5.91 Å². The van der Waals surface area contributed by atoms with Crippen LogP contribution in [0.25, 0.3) is 10.9 Å². The van der Waals surface area contributed by atoms with Crippen LogP contribution in [-0.2, 0) is 4.79 Å². The van der Waals surface area contributed by atoms with Crippen LogP contribution >= 0.6 is 11.3 Å². The molecule has 1 fully saturated rings. The Balaban J connectivity index is 1.52. The lowest BCUT2D eigenvalue weighted by Crippen LogP contribution is -2.52. The van der Waals surface area contributed by atoms with Crippen LogP contribution in [-0.4, -0.2) is 46.3 Å². The number of amides is 2. The number of nitrogens with one attached hydrogen (secondary N) is 1. The van der Waals surface area contributed by atoms with Gasteiger partial charge in [-0.15, -0.1) is 11.3 Å². The average Bonchev–Trinajstić information content (AvgIpc) is 3.24. The predicted octanol–water partition coefficient (Wildman–Crippen LogP) is 2.11. The highest BCUT2D eigenvalue weighted by Gasteiger charge is 2.29. The van der Waals surface area contributed by atoms with Crippen LogP contribution in [0.1, 0.15) is 10.4 Å². The van der Waals surface area contributed by atoms with E-state index in [9.17, 15) is 9.59 Å². The van der Waals surface area contributed by atoms with Crippen LogP contribution in [0.5, 0.6) is 0 Å². The minimum absolute atomic E-state index is 0.0845. The summed E-state index contributed by atoms with van der Waals surface area (Å²) in [5.41, 5.74) is 1.51. The maximum absolute atomic E-state index is 12.6. The highest BCUT2D eigenvalue weighted by molar-refractivity contribution is 7.13. The lowest BCUT2D eigenvalue weighted by atomic mass is 10.1. The van der Waals surface area contributed by atoms with Crippen LogP contribution < -0.4 is 4.90 Å². The average molecular weight is 326 g/mol. The Bertz CT molecular complexity index is 871. The normalized spacial score (nSPS) is 15.4. The van der Waals surface area contributed by atoms with Gasteiger partial charge in [0.2, 0.25) is 5.91 Å². The third-order valence-corrected chi connectivity index (χ3v) is 4.75. The number of carbonyl (C=O) groups is 2. The summed E-state index contributed by atoms with van der Waals surface area (Å²) in [6, 6.07) is 7.50. The fourth-order valence-electron chi connectivity index (χ4n) is 2.76. The van der Waals surface area contributed by atoms with Gasteiger partial charge < -0.3 is 9.88 Å². The summed E-state index contributed by atoms with van der Waals surface area (Å²) in [4.78, 5) is 35.4. The zero-order valence-electron chi connectivity index (χ0n) is 12.2. The molecule has 0 bridgehead atoms. The SMILES string of the molecule is O=C(c1ccc2cc[nH]c2c1)N1CCN(c2nccs2)C(=O)C1. The smallest absolute Gasteiger partial charge is 0.254 e. The molecule has 0 unspecified atom stereocenters. The van der Waals surface area contributed by atoms with Gasteiger partial charge in [0, 0.05) is 41.9 Å². The second-order valence-electron chi connectivity index (χ2n) is 5.37. The molecular formula is C16H14N4O2S. The summed E-state index contributed by atoms with van der Waals surface area (Å²) in [6.45, 7) is 1.07. The Morgan fingerprint density at radius 3 is 2.96 bits per heavy atom. The maximum atomic E-state index is 12.6. The summed E-state index contributed by atoms with van der Waals surface area (Å²) in [5, 5.41) is 3.59. The van der Waals surface area contributed by atoms with E-state index in [2.05, 4.69) is 9.97 Å². The van der Waals surface area contributed by atoms with E-state index in [-0.39, 0.29) is 18.4 Å². The molecule has 7 heteroatoms. The number of hydrogen-bond donors (Lipinski definition) is 1. The van der Waals surface area contributed by atoms with Crippen molar-refractivity contribution in [2.75, 3.05) is 24.5 Å². The Morgan fingerprint density at radius 2 is 2.17 bits per heavy atom. The number of aromatic amines is 1. The molecule has 6 nitrogen and oxygen atoms in total. The number of carbonyl (C=O) groups excluding carboxylic acids is 2. The van der Waals surface area contributed by atoms with Crippen molar-refractivity contribution < 1.29 is 9.59 Å². The van der Waals surface area contributed by atoms with Gasteiger partial charge >= 0.3 is 0 Å². The molecule has 0 spiro atoms. The van der Waals surface area contributed by atoms with E-state index in [4.69, 9.17) is 0 Å². The molecule has 1 aliphatic heterocycles. The largest absolute Gasteiger partial charge is 0.361 e. The fourth-order valence-corrected chi connectivity index (χ4v) is 3.45. The number of hydrogen-bond acceptors (Lipinski definition) is 4. The third kappa shape index (κ3) is 2.49. The zero-order valence-corrected chi connectivity index (χ0v) is 13.0. The van der Waals surface area contributed by atoms with Crippen molar-refractivity contribution in [3.8, 4) is 0 Å². The Morgan fingerprint density at radius 1 is 1.26 bits per heavy atom. The van der Waals surface area contributed by atoms with Crippen LogP contribution in [0.15, 0.2) is 42.0 Å². The standard InChI is InChI=1S/C16H14N4O2S/c21-14-10-19(6-7-20(14)16-18-5-8-23-16)15(22)12-2-1-11-3-4-17-13(11)9-12/h1-5,8-9,17H,6-7,10H2. The van der Waals surface area contributed by atoms with Crippen LogP contribution in [0.4, 0.5) is 5.13 Å².